The second-order valence-electron chi connectivity index (χ2n) is 16.4. The summed E-state index contributed by atoms with van der Waals surface area (Å²) in [6.45, 7) is 4.69. The van der Waals surface area contributed by atoms with Crippen LogP contribution >= 0.6 is 0 Å². The van der Waals surface area contributed by atoms with Gasteiger partial charge >= 0.3 is 0 Å². The van der Waals surface area contributed by atoms with E-state index in [9.17, 15) is 0 Å². The Morgan fingerprint density at radius 3 is 1.71 bits per heavy atom. The van der Waals surface area contributed by atoms with Crippen molar-refractivity contribution in [3.63, 3.8) is 0 Å². The normalized spacial score (nSPS) is 13.1. The SMILES string of the molecule is CC1(C)c2ccccc2-c2cc(-c3cc(-c4cccc(-c5ccccc5)c4)nc(-n4c5ccccc5c5ccc6c7ccccc7n(-c7ccccc7)c6c54)c3)ccc21. The predicted molar refractivity (Wildman–Crippen MR) is 247 cm³/mol. The summed E-state index contributed by atoms with van der Waals surface area (Å²) in [5, 5.41) is 4.84. The quantitative estimate of drug-likeness (QED) is 0.172. The molecule has 278 valence electrons. The Kier molecular flexibility index (Phi) is 7.27. The molecule has 11 aromatic rings. The van der Waals surface area contributed by atoms with Crippen LogP contribution in [-0.4, -0.2) is 14.1 Å². The zero-order valence-electron chi connectivity index (χ0n) is 32.9. The van der Waals surface area contributed by atoms with Crippen LogP contribution in [0.2, 0.25) is 0 Å². The van der Waals surface area contributed by atoms with Crippen LogP contribution < -0.4 is 0 Å². The molecule has 0 amide bonds. The molecule has 8 aromatic carbocycles. The maximum absolute atomic E-state index is 5.66. The van der Waals surface area contributed by atoms with Crippen LogP contribution in [-0.2, 0) is 5.41 Å². The van der Waals surface area contributed by atoms with Gasteiger partial charge in [0.25, 0.3) is 0 Å². The van der Waals surface area contributed by atoms with Gasteiger partial charge in [-0.1, -0.05) is 166 Å². The van der Waals surface area contributed by atoms with Crippen molar-refractivity contribution < 1.29 is 0 Å². The summed E-state index contributed by atoms with van der Waals surface area (Å²) in [5.74, 6) is 0.882. The maximum atomic E-state index is 5.66. The van der Waals surface area contributed by atoms with Gasteiger partial charge in [-0.15, -0.1) is 0 Å². The first-order chi connectivity index (χ1) is 29.0. The summed E-state index contributed by atoms with van der Waals surface area (Å²) in [5.41, 5.74) is 17.7. The number of pyridine rings is 1. The average Bonchev–Trinajstić information content (AvgIpc) is 3.90. The summed E-state index contributed by atoms with van der Waals surface area (Å²) in [4.78, 5) is 5.66. The van der Waals surface area contributed by atoms with Gasteiger partial charge in [0.2, 0.25) is 0 Å². The summed E-state index contributed by atoms with van der Waals surface area (Å²) in [6, 6.07) is 73.0. The Morgan fingerprint density at radius 2 is 0.949 bits per heavy atom. The molecule has 3 heteroatoms. The third kappa shape index (κ3) is 5.04. The van der Waals surface area contributed by atoms with E-state index in [1.165, 1.54) is 71.5 Å². The highest BCUT2D eigenvalue weighted by molar-refractivity contribution is 6.23. The minimum atomic E-state index is -0.0670. The molecule has 3 nitrogen and oxygen atoms in total. The third-order valence-electron chi connectivity index (χ3n) is 12.7. The first-order valence-corrected chi connectivity index (χ1v) is 20.5. The van der Waals surface area contributed by atoms with E-state index >= 15 is 0 Å². The fraction of sp³-hybridized carbons (Fsp3) is 0.0536. The molecule has 1 aliphatic carbocycles. The fourth-order valence-electron chi connectivity index (χ4n) is 9.92. The van der Waals surface area contributed by atoms with Gasteiger partial charge in [-0.2, -0.15) is 0 Å². The molecule has 0 unspecified atom stereocenters. The number of hydrogen-bond donors (Lipinski definition) is 0. The Morgan fingerprint density at radius 1 is 0.373 bits per heavy atom. The second-order valence-corrected chi connectivity index (χ2v) is 16.4. The largest absolute Gasteiger partial charge is 0.307 e. The number of fused-ring (bicyclic) bond motifs is 10. The third-order valence-corrected chi connectivity index (χ3v) is 12.7. The van der Waals surface area contributed by atoms with Crippen molar-refractivity contribution in [1.29, 1.82) is 0 Å². The molecule has 0 fully saturated rings. The van der Waals surface area contributed by atoms with E-state index in [0.29, 0.717) is 0 Å². The molecule has 0 atom stereocenters. The van der Waals surface area contributed by atoms with E-state index in [1.807, 2.05) is 0 Å². The molecular weight excluding hydrogens is 715 g/mol. The molecule has 0 saturated carbocycles. The Labute approximate surface area is 343 Å². The van der Waals surface area contributed by atoms with E-state index in [1.54, 1.807) is 0 Å². The number of nitrogens with zero attached hydrogens (tertiary/aromatic N) is 3. The molecule has 0 saturated heterocycles. The van der Waals surface area contributed by atoms with Crippen LogP contribution in [0.1, 0.15) is 25.0 Å². The van der Waals surface area contributed by atoms with E-state index in [0.717, 1.165) is 39.4 Å². The van der Waals surface area contributed by atoms with Gasteiger partial charge in [0.15, 0.2) is 0 Å². The number of aromatic nitrogens is 3. The minimum Gasteiger partial charge on any atom is -0.307 e. The fourth-order valence-corrected chi connectivity index (χ4v) is 9.92. The summed E-state index contributed by atoms with van der Waals surface area (Å²) in [7, 11) is 0. The lowest BCUT2D eigenvalue weighted by atomic mass is 9.82. The smallest absolute Gasteiger partial charge is 0.138 e. The lowest BCUT2D eigenvalue weighted by Crippen LogP contribution is -2.14. The van der Waals surface area contributed by atoms with Gasteiger partial charge < -0.3 is 4.57 Å². The van der Waals surface area contributed by atoms with E-state index in [4.69, 9.17) is 4.98 Å². The lowest BCUT2D eigenvalue weighted by Gasteiger charge is -2.21. The number of rotatable bonds is 5. The number of hydrogen-bond acceptors (Lipinski definition) is 1. The van der Waals surface area contributed by atoms with Gasteiger partial charge in [0, 0.05) is 38.2 Å². The first-order valence-electron chi connectivity index (χ1n) is 20.5. The molecule has 1 aliphatic rings. The topological polar surface area (TPSA) is 22.8 Å². The highest BCUT2D eigenvalue weighted by Gasteiger charge is 2.35. The standard InChI is InChI=1S/C56H39N3/c1-56(2)48-25-12-9-22-42(48)47-33-38(28-31-49(47)56)40-34-50(39-19-15-18-37(32-39)36-16-5-3-6-17-36)57-53(35-40)59-52-27-14-11-24-44(52)46-30-29-45-43-23-10-13-26-51(43)58(54(45)55(46)59)41-20-7-4-8-21-41/h3-35H,1-2H3. The molecule has 0 bridgehead atoms. The zero-order chi connectivity index (χ0) is 39.2. The van der Waals surface area contributed by atoms with Crippen molar-refractivity contribution in [3.8, 4) is 56.1 Å². The molecular formula is C56H39N3. The van der Waals surface area contributed by atoms with Crippen LogP contribution in [0.25, 0.3) is 99.8 Å². The lowest BCUT2D eigenvalue weighted by molar-refractivity contribution is 0.660. The van der Waals surface area contributed by atoms with Crippen molar-refractivity contribution in [2.75, 3.05) is 0 Å². The molecule has 0 N–H and O–H groups in total. The van der Waals surface area contributed by atoms with Crippen molar-refractivity contribution in [1.82, 2.24) is 14.1 Å². The summed E-state index contributed by atoms with van der Waals surface area (Å²) in [6.07, 6.45) is 0. The Balaban J connectivity index is 1.18. The number of para-hydroxylation sites is 3. The van der Waals surface area contributed by atoms with Crippen LogP contribution in [0, 0.1) is 0 Å². The zero-order valence-corrected chi connectivity index (χ0v) is 32.9. The molecule has 0 radical (unpaired) electrons. The van der Waals surface area contributed by atoms with Crippen LogP contribution in [0.4, 0.5) is 0 Å². The van der Waals surface area contributed by atoms with Gasteiger partial charge in [0.1, 0.15) is 5.82 Å². The highest BCUT2D eigenvalue weighted by Crippen LogP contribution is 2.50. The van der Waals surface area contributed by atoms with Gasteiger partial charge in [0.05, 0.1) is 27.8 Å². The van der Waals surface area contributed by atoms with E-state index < -0.39 is 0 Å². The average molecular weight is 754 g/mol. The van der Waals surface area contributed by atoms with Crippen molar-refractivity contribution >= 4 is 43.6 Å². The minimum absolute atomic E-state index is 0.0670. The first kappa shape index (κ1) is 33.6. The van der Waals surface area contributed by atoms with Crippen molar-refractivity contribution in [2.45, 2.75) is 19.3 Å². The molecule has 0 aliphatic heterocycles. The summed E-state index contributed by atoms with van der Waals surface area (Å²) < 4.78 is 4.86. The van der Waals surface area contributed by atoms with Crippen molar-refractivity contribution in [3.05, 3.63) is 211 Å². The van der Waals surface area contributed by atoms with Crippen LogP contribution in [0.5, 0.6) is 0 Å². The maximum Gasteiger partial charge on any atom is 0.138 e. The van der Waals surface area contributed by atoms with E-state index in [-0.39, 0.29) is 5.41 Å². The van der Waals surface area contributed by atoms with Crippen LogP contribution in [0.3, 0.4) is 0 Å². The van der Waals surface area contributed by atoms with Gasteiger partial charge in [-0.05, 0) is 93.0 Å². The van der Waals surface area contributed by atoms with Gasteiger partial charge in [-0.25, -0.2) is 4.98 Å². The molecule has 3 aromatic heterocycles. The Hall–Kier alpha value is -7.49. The molecule has 3 heterocycles. The predicted octanol–water partition coefficient (Wildman–Crippen LogP) is 14.6. The summed E-state index contributed by atoms with van der Waals surface area (Å²) >= 11 is 0. The van der Waals surface area contributed by atoms with E-state index in [2.05, 4.69) is 223 Å². The monoisotopic (exact) mass is 753 g/mol. The molecule has 0 spiro atoms. The highest BCUT2D eigenvalue weighted by atomic mass is 15.1. The number of benzene rings is 8. The van der Waals surface area contributed by atoms with Gasteiger partial charge in [-0.3, -0.25) is 4.57 Å². The van der Waals surface area contributed by atoms with Crippen LogP contribution in [0.15, 0.2) is 200 Å². The van der Waals surface area contributed by atoms with Crippen molar-refractivity contribution in [2.24, 2.45) is 0 Å². The Bertz CT molecular complexity index is 3460. The molecule has 12 rings (SSSR count). The second kappa shape index (κ2) is 12.8. The molecule has 59 heavy (non-hydrogen) atoms.